The molecule has 31 heavy (non-hydrogen) atoms. The van der Waals surface area contributed by atoms with Crippen molar-refractivity contribution < 1.29 is 35.9 Å². The van der Waals surface area contributed by atoms with E-state index < -0.39 is 22.3 Å². The summed E-state index contributed by atoms with van der Waals surface area (Å²) in [7, 11) is -2.18. The van der Waals surface area contributed by atoms with Gasteiger partial charge in [0.05, 0.1) is 12.0 Å². The molecule has 7 nitrogen and oxygen atoms in total. The van der Waals surface area contributed by atoms with Crippen LogP contribution in [0.5, 0.6) is 11.5 Å². The summed E-state index contributed by atoms with van der Waals surface area (Å²) in [6.45, 7) is 0.371. The number of carbonyl (C=O) groups excluding carboxylic acids is 1. The molecular weight excluding hydrogens is 437 g/mol. The molecule has 1 N–H and O–H groups in total. The highest BCUT2D eigenvalue weighted by molar-refractivity contribution is 7.89. The summed E-state index contributed by atoms with van der Waals surface area (Å²) in [6, 6.07) is 10.9. The van der Waals surface area contributed by atoms with Gasteiger partial charge in [-0.25, -0.2) is 8.42 Å². The second-order valence-corrected chi connectivity index (χ2v) is 8.85. The van der Waals surface area contributed by atoms with Crippen molar-refractivity contribution in [1.29, 1.82) is 0 Å². The van der Waals surface area contributed by atoms with Crippen LogP contribution in [-0.4, -0.2) is 45.2 Å². The fourth-order valence-corrected chi connectivity index (χ4v) is 4.71. The Morgan fingerprint density at radius 1 is 1.00 bits per heavy atom. The van der Waals surface area contributed by atoms with E-state index in [0.717, 1.165) is 12.1 Å². The van der Waals surface area contributed by atoms with Gasteiger partial charge in [0.25, 0.3) is 0 Å². The number of sulfonamides is 1. The van der Waals surface area contributed by atoms with E-state index in [1.54, 1.807) is 12.1 Å². The molecule has 0 bridgehead atoms. The molecule has 11 heteroatoms. The Balaban J connectivity index is 1.55. The highest BCUT2D eigenvalue weighted by Gasteiger charge is 2.33. The number of benzene rings is 2. The molecule has 1 fully saturated rings. The first-order valence-electron chi connectivity index (χ1n) is 9.39. The molecule has 0 spiro atoms. The fraction of sp³-hybridized carbons (Fsp3) is 0.350. The first-order chi connectivity index (χ1) is 14.6. The minimum atomic E-state index is -4.79. The Morgan fingerprint density at radius 3 is 2.06 bits per heavy atom. The van der Waals surface area contributed by atoms with Crippen molar-refractivity contribution in [2.24, 2.45) is 5.92 Å². The second kappa shape index (κ2) is 9.15. The van der Waals surface area contributed by atoms with Gasteiger partial charge >= 0.3 is 6.36 Å². The molecule has 168 valence electrons. The molecule has 1 saturated heterocycles. The molecule has 1 aliphatic rings. The maximum Gasteiger partial charge on any atom is 0.573 e. The zero-order chi connectivity index (χ0) is 22.6. The first kappa shape index (κ1) is 22.9. The van der Waals surface area contributed by atoms with Crippen molar-refractivity contribution in [1.82, 2.24) is 4.31 Å². The predicted octanol–water partition coefficient (Wildman–Crippen LogP) is 3.63. The Bertz CT molecular complexity index is 1000. The maximum atomic E-state index is 12.8. The van der Waals surface area contributed by atoms with Crippen molar-refractivity contribution in [3.63, 3.8) is 0 Å². The van der Waals surface area contributed by atoms with E-state index in [0.29, 0.717) is 24.3 Å². The van der Waals surface area contributed by atoms with Crippen LogP contribution < -0.4 is 14.8 Å². The molecule has 0 saturated carbocycles. The molecule has 2 aromatic carbocycles. The summed E-state index contributed by atoms with van der Waals surface area (Å²) in [5.41, 5.74) is 0.327. The molecule has 0 atom stereocenters. The van der Waals surface area contributed by atoms with Gasteiger partial charge in [-0.1, -0.05) is 0 Å². The topological polar surface area (TPSA) is 84.9 Å². The largest absolute Gasteiger partial charge is 0.573 e. The van der Waals surface area contributed by atoms with Gasteiger partial charge < -0.3 is 14.8 Å². The summed E-state index contributed by atoms with van der Waals surface area (Å²) < 4.78 is 72.3. The lowest BCUT2D eigenvalue weighted by atomic mass is 9.97. The molecule has 0 unspecified atom stereocenters. The number of anilines is 1. The minimum absolute atomic E-state index is 0.150. The van der Waals surface area contributed by atoms with Crippen molar-refractivity contribution >= 4 is 21.6 Å². The average Bonchev–Trinajstić information content (AvgIpc) is 2.74. The third-order valence-electron chi connectivity index (χ3n) is 4.88. The molecule has 1 aliphatic heterocycles. The summed E-state index contributed by atoms with van der Waals surface area (Å²) in [6.07, 6.45) is -4.13. The van der Waals surface area contributed by atoms with E-state index in [1.165, 1.54) is 35.7 Å². The molecule has 1 amide bonds. The Labute approximate surface area is 177 Å². The predicted molar refractivity (Wildman–Crippen MR) is 106 cm³/mol. The van der Waals surface area contributed by atoms with Gasteiger partial charge in [0.15, 0.2) is 0 Å². The lowest BCUT2D eigenvalue weighted by molar-refractivity contribution is -0.274. The monoisotopic (exact) mass is 458 g/mol. The standard InChI is InChI=1S/C20H21F3N2O5S/c1-29-16-6-8-18(9-7-16)31(27,28)25-12-10-14(11-13-25)19(26)24-15-2-4-17(5-3-15)30-20(21,22)23/h2-9,14H,10-13H2,1H3,(H,24,26). The quantitative estimate of drug-likeness (QED) is 0.715. The SMILES string of the molecule is COc1ccc(S(=O)(=O)N2CCC(C(=O)Nc3ccc(OC(F)(F)F)cc3)CC2)cc1. The number of halogens is 3. The third kappa shape index (κ3) is 5.88. The normalized spacial score (nSPS) is 16.0. The molecule has 1 heterocycles. The fourth-order valence-electron chi connectivity index (χ4n) is 3.24. The first-order valence-corrected chi connectivity index (χ1v) is 10.8. The number of hydrogen-bond donors (Lipinski definition) is 1. The smallest absolute Gasteiger partial charge is 0.497 e. The molecular formula is C20H21F3N2O5S. The van der Waals surface area contributed by atoms with E-state index in [2.05, 4.69) is 10.1 Å². The van der Waals surface area contributed by atoms with Crippen LogP contribution >= 0.6 is 0 Å². The number of ether oxygens (including phenoxy) is 2. The molecule has 0 aromatic heterocycles. The zero-order valence-electron chi connectivity index (χ0n) is 16.6. The average molecular weight is 458 g/mol. The van der Waals surface area contributed by atoms with Crippen LogP contribution in [0.2, 0.25) is 0 Å². The Kier molecular flexibility index (Phi) is 6.75. The third-order valence-corrected chi connectivity index (χ3v) is 6.79. The number of alkyl halides is 3. The van der Waals surface area contributed by atoms with Gasteiger partial charge in [-0.2, -0.15) is 4.31 Å². The summed E-state index contributed by atoms with van der Waals surface area (Å²) in [4.78, 5) is 12.6. The van der Waals surface area contributed by atoms with E-state index in [4.69, 9.17) is 4.74 Å². The van der Waals surface area contributed by atoms with Crippen molar-refractivity contribution in [2.75, 3.05) is 25.5 Å². The van der Waals surface area contributed by atoms with Gasteiger partial charge in [0, 0.05) is 24.7 Å². The van der Waals surface area contributed by atoms with Gasteiger partial charge in [-0.05, 0) is 61.4 Å². The van der Waals surface area contributed by atoms with Crippen molar-refractivity contribution in [3.8, 4) is 11.5 Å². The number of rotatable bonds is 6. The van der Waals surface area contributed by atoms with Crippen molar-refractivity contribution in [2.45, 2.75) is 24.1 Å². The van der Waals surface area contributed by atoms with Gasteiger partial charge in [0.1, 0.15) is 11.5 Å². The summed E-state index contributed by atoms with van der Waals surface area (Å²) >= 11 is 0. The zero-order valence-corrected chi connectivity index (χ0v) is 17.4. The Morgan fingerprint density at radius 2 is 1.55 bits per heavy atom. The molecule has 0 radical (unpaired) electrons. The van der Waals surface area contributed by atoms with E-state index in [9.17, 15) is 26.4 Å². The van der Waals surface area contributed by atoms with Crippen LogP contribution in [0.4, 0.5) is 18.9 Å². The van der Waals surface area contributed by atoms with E-state index >= 15 is 0 Å². The second-order valence-electron chi connectivity index (χ2n) is 6.92. The number of nitrogens with one attached hydrogen (secondary N) is 1. The van der Waals surface area contributed by atoms with E-state index in [-0.39, 0.29) is 29.6 Å². The Hall–Kier alpha value is -2.79. The number of nitrogens with zero attached hydrogens (tertiary/aromatic N) is 1. The van der Waals surface area contributed by atoms with Gasteiger partial charge in [0.2, 0.25) is 15.9 Å². The number of amides is 1. The van der Waals surface area contributed by atoms with Gasteiger partial charge in [-0.3, -0.25) is 4.79 Å². The summed E-state index contributed by atoms with van der Waals surface area (Å²) in [5, 5.41) is 2.64. The molecule has 3 rings (SSSR count). The van der Waals surface area contributed by atoms with Crippen LogP contribution in [0.3, 0.4) is 0 Å². The number of piperidine rings is 1. The van der Waals surface area contributed by atoms with Crippen molar-refractivity contribution in [3.05, 3.63) is 48.5 Å². The highest BCUT2D eigenvalue weighted by atomic mass is 32.2. The van der Waals surface area contributed by atoms with Crippen LogP contribution in [0, 0.1) is 5.92 Å². The maximum absolute atomic E-state index is 12.8. The number of carbonyl (C=O) groups is 1. The summed E-state index contributed by atoms with van der Waals surface area (Å²) in [5.74, 6) is -0.561. The molecule has 2 aromatic rings. The van der Waals surface area contributed by atoms with Crippen LogP contribution in [0.15, 0.2) is 53.4 Å². The number of hydrogen-bond acceptors (Lipinski definition) is 5. The van der Waals surface area contributed by atoms with Crippen LogP contribution in [-0.2, 0) is 14.8 Å². The lowest BCUT2D eigenvalue weighted by Gasteiger charge is -2.30. The lowest BCUT2D eigenvalue weighted by Crippen LogP contribution is -2.41. The minimum Gasteiger partial charge on any atom is -0.497 e. The van der Waals surface area contributed by atoms with Gasteiger partial charge in [-0.15, -0.1) is 13.2 Å². The number of methoxy groups -OCH3 is 1. The highest BCUT2D eigenvalue weighted by Crippen LogP contribution is 2.27. The van der Waals surface area contributed by atoms with Crippen LogP contribution in [0.1, 0.15) is 12.8 Å². The van der Waals surface area contributed by atoms with E-state index in [1.807, 2.05) is 0 Å². The molecule has 0 aliphatic carbocycles. The van der Waals surface area contributed by atoms with Crippen LogP contribution in [0.25, 0.3) is 0 Å².